The highest BCUT2D eigenvalue weighted by atomic mass is 16.3. The van der Waals surface area contributed by atoms with E-state index in [0.29, 0.717) is 0 Å². The van der Waals surface area contributed by atoms with Gasteiger partial charge in [-0.15, -0.1) is 0 Å². The van der Waals surface area contributed by atoms with Crippen molar-refractivity contribution in [1.29, 1.82) is 0 Å². The fourth-order valence-corrected chi connectivity index (χ4v) is 2.86. The molecule has 2 bridgehead atoms. The van der Waals surface area contributed by atoms with Crippen molar-refractivity contribution >= 4 is 0 Å². The lowest BCUT2D eigenvalue weighted by Gasteiger charge is -2.31. The van der Waals surface area contributed by atoms with Gasteiger partial charge in [-0.1, -0.05) is 0 Å². The van der Waals surface area contributed by atoms with E-state index in [9.17, 15) is 0 Å². The summed E-state index contributed by atoms with van der Waals surface area (Å²) in [7, 11) is 0. The minimum absolute atomic E-state index is 0.721. The Morgan fingerprint density at radius 2 is 2.33 bits per heavy atom. The molecule has 1 N–H and O–H groups in total. The maximum atomic E-state index is 5.07. The molecule has 3 heterocycles. The van der Waals surface area contributed by atoms with Crippen molar-refractivity contribution in [3.8, 4) is 0 Å². The van der Waals surface area contributed by atoms with Crippen molar-refractivity contribution in [2.24, 2.45) is 5.92 Å². The normalized spacial score (nSPS) is 34.5. The molecule has 0 amide bonds. The van der Waals surface area contributed by atoms with Gasteiger partial charge in [0, 0.05) is 24.7 Å². The first-order valence-electron chi connectivity index (χ1n) is 5.88. The first kappa shape index (κ1) is 9.43. The van der Waals surface area contributed by atoms with Crippen molar-refractivity contribution in [3.05, 3.63) is 24.2 Å². The smallest absolute Gasteiger partial charge is 0.0947 e. The van der Waals surface area contributed by atoms with Crippen LogP contribution in [0.3, 0.4) is 0 Å². The summed E-state index contributed by atoms with van der Waals surface area (Å²) in [5.41, 5.74) is 1.26. The van der Waals surface area contributed by atoms with E-state index < -0.39 is 0 Å². The molecule has 2 aliphatic heterocycles. The van der Waals surface area contributed by atoms with Crippen LogP contribution in [0.25, 0.3) is 0 Å². The molecule has 0 spiro atoms. The molecule has 3 unspecified atom stereocenters. The second-order valence-corrected chi connectivity index (χ2v) is 4.76. The van der Waals surface area contributed by atoms with Gasteiger partial charge in [-0.2, -0.15) is 0 Å². The molecule has 3 atom stereocenters. The summed E-state index contributed by atoms with van der Waals surface area (Å²) in [4.78, 5) is 2.58. The molecule has 2 aliphatic rings. The van der Waals surface area contributed by atoms with Gasteiger partial charge in [-0.05, 0) is 37.9 Å². The van der Waals surface area contributed by atoms with Crippen LogP contribution in [0, 0.1) is 5.92 Å². The number of hydrogen-bond donors (Lipinski definition) is 1. The van der Waals surface area contributed by atoms with Gasteiger partial charge in [-0.25, -0.2) is 0 Å². The lowest BCUT2D eigenvalue weighted by Crippen LogP contribution is -2.43. The quantitative estimate of drug-likeness (QED) is 0.811. The Hall–Kier alpha value is -0.800. The highest BCUT2D eigenvalue weighted by Crippen LogP contribution is 2.27. The second kappa shape index (κ2) is 3.99. The number of nitrogens with one attached hydrogen (secondary N) is 1. The van der Waals surface area contributed by atoms with E-state index in [-0.39, 0.29) is 0 Å². The molecule has 15 heavy (non-hydrogen) atoms. The van der Waals surface area contributed by atoms with Crippen LogP contribution in [0.4, 0.5) is 0 Å². The fourth-order valence-electron chi connectivity index (χ4n) is 2.86. The van der Waals surface area contributed by atoms with Crippen LogP contribution in [0.1, 0.15) is 18.4 Å². The van der Waals surface area contributed by atoms with Crippen LogP contribution in [0.15, 0.2) is 23.0 Å². The maximum Gasteiger partial charge on any atom is 0.0947 e. The maximum absolute atomic E-state index is 5.07. The van der Waals surface area contributed by atoms with Crippen LogP contribution in [-0.2, 0) is 6.54 Å². The Labute approximate surface area is 90.4 Å². The van der Waals surface area contributed by atoms with Crippen molar-refractivity contribution in [1.82, 2.24) is 10.2 Å². The lowest BCUT2D eigenvalue weighted by molar-refractivity contribution is 0.220. The molecule has 0 aromatic carbocycles. The van der Waals surface area contributed by atoms with Gasteiger partial charge >= 0.3 is 0 Å². The number of fused-ring (bicyclic) bond motifs is 2. The minimum atomic E-state index is 0.721. The van der Waals surface area contributed by atoms with Crippen molar-refractivity contribution in [2.75, 3.05) is 19.6 Å². The average molecular weight is 206 g/mol. The van der Waals surface area contributed by atoms with Crippen molar-refractivity contribution in [2.45, 2.75) is 25.4 Å². The Bertz CT molecular complexity index is 309. The fraction of sp³-hybridized carbons (Fsp3) is 0.667. The summed E-state index contributed by atoms with van der Waals surface area (Å²) in [6.07, 6.45) is 6.26. The third-order valence-corrected chi connectivity index (χ3v) is 3.78. The molecule has 82 valence electrons. The van der Waals surface area contributed by atoms with E-state index >= 15 is 0 Å². The summed E-state index contributed by atoms with van der Waals surface area (Å²) < 4.78 is 5.07. The molecule has 0 saturated carbocycles. The van der Waals surface area contributed by atoms with Crippen LogP contribution < -0.4 is 5.32 Å². The molecule has 3 nitrogen and oxygen atoms in total. The Morgan fingerprint density at radius 3 is 3.20 bits per heavy atom. The first-order chi connectivity index (χ1) is 7.42. The predicted molar refractivity (Wildman–Crippen MR) is 58.5 cm³/mol. The Balaban J connectivity index is 1.55. The SMILES string of the molecule is c1cc(CNC2CCN3CCC2C3)co1. The zero-order valence-corrected chi connectivity index (χ0v) is 8.98. The van der Waals surface area contributed by atoms with Gasteiger partial charge in [-0.3, -0.25) is 0 Å². The van der Waals surface area contributed by atoms with E-state index in [1.165, 1.54) is 38.0 Å². The third-order valence-electron chi connectivity index (χ3n) is 3.78. The van der Waals surface area contributed by atoms with Crippen LogP contribution in [-0.4, -0.2) is 30.6 Å². The minimum Gasteiger partial charge on any atom is -0.472 e. The number of hydrogen-bond acceptors (Lipinski definition) is 3. The van der Waals surface area contributed by atoms with Gasteiger partial charge in [0.05, 0.1) is 12.5 Å². The molecule has 3 rings (SSSR count). The lowest BCUT2D eigenvalue weighted by atomic mass is 9.94. The Morgan fingerprint density at radius 1 is 1.40 bits per heavy atom. The van der Waals surface area contributed by atoms with Gasteiger partial charge in [0.25, 0.3) is 0 Å². The van der Waals surface area contributed by atoms with E-state index in [0.717, 1.165) is 18.5 Å². The zero-order valence-electron chi connectivity index (χ0n) is 8.98. The van der Waals surface area contributed by atoms with E-state index in [2.05, 4.69) is 10.2 Å². The third kappa shape index (κ3) is 1.94. The monoisotopic (exact) mass is 206 g/mol. The molecule has 1 aromatic heterocycles. The van der Waals surface area contributed by atoms with E-state index in [1.807, 2.05) is 12.3 Å². The summed E-state index contributed by atoms with van der Waals surface area (Å²) in [5.74, 6) is 0.880. The van der Waals surface area contributed by atoms with Gasteiger partial charge in [0.2, 0.25) is 0 Å². The predicted octanol–water partition coefficient (Wildman–Crippen LogP) is 1.46. The highest BCUT2D eigenvalue weighted by Gasteiger charge is 2.33. The number of furan rings is 1. The van der Waals surface area contributed by atoms with E-state index in [1.54, 1.807) is 6.26 Å². The number of piperidine rings is 1. The summed E-state index contributed by atoms with van der Waals surface area (Å²) in [5, 5.41) is 3.66. The van der Waals surface area contributed by atoms with Crippen molar-refractivity contribution < 1.29 is 4.42 Å². The molecule has 0 aliphatic carbocycles. The van der Waals surface area contributed by atoms with Gasteiger partial charge in [0.1, 0.15) is 0 Å². The number of rotatable bonds is 3. The van der Waals surface area contributed by atoms with E-state index in [4.69, 9.17) is 4.42 Å². The molecule has 2 saturated heterocycles. The topological polar surface area (TPSA) is 28.4 Å². The largest absolute Gasteiger partial charge is 0.472 e. The second-order valence-electron chi connectivity index (χ2n) is 4.76. The van der Waals surface area contributed by atoms with Crippen LogP contribution in [0.2, 0.25) is 0 Å². The molecule has 0 radical (unpaired) electrons. The standard InChI is InChI=1S/C12H18N2O/c1-4-14-5-2-12(11(1)8-14)13-7-10-3-6-15-9-10/h3,6,9,11-13H,1-2,4-5,7-8H2. The highest BCUT2D eigenvalue weighted by molar-refractivity contribution is 5.05. The molecule has 2 fully saturated rings. The molecular formula is C12H18N2O. The van der Waals surface area contributed by atoms with Crippen LogP contribution in [0.5, 0.6) is 0 Å². The molecular weight excluding hydrogens is 188 g/mol. The van der Waals surface area contributed by atoms with Crippen LogP contribution >= 0.6 is 0 Å². The summed E-state index contributed by atoms with van der Waals surface area (Å²) >= 11 is 0. The van der Waals surface area contributed by atoms with Gasteiger partial charge < -0.3 is 14.6 Å². The zero-order chi connectivity index (χ0) is 10.1. The summed E-state index contributed by atoms with van der Waals surface area (Å²) in [6, 6.07) is 2.76. The average Bonchev–Trinajstić information content (AvgIpc) is 2.88. The Kier molecular flexibility index (Phi) is 2.51. The van der Waals surface area contributed by atoms with Crippen molar-refractivity contribution in [3.63, 3.8) is 0 Å². The molecule has 1 aromatic rings. The van der Waals surface area contributed by atoms with Gasteiger partial charge in [0.15, 0.2) is 0 Å². The summed E-state index contributed by atoms with van der Waals surface area (Å²) in [6.45, 7) is 4.86. The number of nitrogens with zero attached hydrogens (tertiary/aromatic N) is 1. The molecule has 3 heteroatoms. The first-order valence-corrected chi connectivity index (χ1v) is 5.88.